The van der Waals surface area contributed by atoms with Crippen LogP contribution < -0.4 is 0 Å². The van der Waals surface area contributed by atoms with E-state index >= 15 is 0 Å². The molecule has 0 amide bonds. The number of rotatable bonds is 20. The number of aromatic nitrogens is 6. The molecule has 0 aliphatic carbocycles. The van der Waals surface area contributed by atoms with Crippen molar-refractivity contribution in [3.63, 3.8) is 0 Å². The second-order valence-electron chi connectivity index (χ2n) is 27.5. The summed E-state index contributed by atoms with van der Waals surface area (Å²) in [7, 11) is 0. The molecule has 12 aromatic rings. The molecule has 13 rings (SSSR count). The summed E-state index contributed by atoms with van der Waals surface area (Å²) in [5.74, 6) is 4.92. The fourth-order valence-corrected chi connectivity index (χ4v) is 12.9. The molecule has 0 saturated heterocycles. The zero-order valence-corrected chi connectivity index (χ0v) is 72.8. The molecule has 4 heterocycles. The van der Waals surface area contributed by atoms with Crippen LogP contribution in [0.4, 0.5) is 5.69 Å². The van der Waals surface area contributed by atoms with Gasteiger partial charge in [-0.3, -0.25) is 15.0 Å². The Labute approximate surface area is 675 Å². The molecule has 0 bridgehead atoms. The number of imidazole rings is 3. The molecule has 0 fully saturated rings. The minimum atomic E-state index is 0. The van der Waals surface area contributed by atoms with Gasteiger partial charge in [-0.1, -0.05) is 197 Å². The fraction of sp³-hybridized carbons (Fsp3) is 0.293. The molecule has 0 atom stereocenters. The molecule has 0 spiro atoms. The Hall–Kier alpha value is -7.45. The van der Waals surface area contributed by atoms with Crippen LogP contribution in [0.1, 0.15) is 182 Å². The van der Waals surface area contributed by atoms with Crippen LogP contribution in [0.15, 0.2) is 224 Å². The Kier molecular flexibility index (Phi) is 33.6. The summed E-state index contributed by atoms with van der Waals surface area (Å²) in [5, 5.41) is 0. The van der Waals surface area contributed by atoms with Crippen molar-refractivity contribution < 1.29 is 85.0 Å². The molecule has 548 valence electrons. The van der Waals surface area contributed by atoms with E-state index in [1.165, 1.54) is 96.5 Å². The Balaban J connectivity index is 0.000000216. The van der Waals surface area contributed by atoms with Gasteiger partial charge in [-0.2, -0.15) is 0 Å². The Morgan fingerprint density at radius 1 is 0.490 bits per heavy atom. The van der Waals surface area contributed by atoms with Crippen LogP contribution in [0.2, 0.25) is 0 Å². The summed E-state index contributed by atoms with van der Waals surface area (Å²) < 4.78 is 9.27. The van der Waals surface area contributed by atoms with E-state index < -0.39 is 0 Å². The van der Waals surface area contributed by atoms with E-state index in [9.17, 15) is 0 Å². The number of amidine groups is 1. The van der Waals surface area contributed by atoms with E-state index in [0.717, 1.165) is 103 Å². The number of nitrogens with zero attached hydrogens (tertiary/aromatic N) is 8. The average Bonchev–Trinajstić information content (AvgIpc) is 1.61. The summed E-state index contributed by atoms with van der Waals surface area (Å²) in [5.41, 5.74) is 25.4. The van der Waals surface area contributed by atoms with Gasteiger partial charge in [-0.15, -0.1) is 137 Å². The summed E-state index contributed by atoms with van der Waals surface area (Å²) in [4.78, 5) is 19.5. The Morgan fingerprint density at radius 3 is 1.72 bits per heavy atom. The number of hydrogen-bond acceptors (Lipinski definition) is 4. The largest absolute Gasteiger partial charge is 0.339 e. The number of aliphatic imine (C=N–C) groups is 1. The summed E-state index contributed by atoms with van der Waals surface area (Å²) in [6.45, 7) is 34.0. The van der Waals surface area contributed by atoms with Gasteiger partial charge in [-0.25, -0.2) is 4.58 Å². The van der Waals surface area contributed by atoms with Crippen molar-refractivity contribution in [3.8, 4) is 62.4 Å². The van der Waals surface area contributed by atoms with E-state index in [1.807, 2.05) is 54.9 Å². The topological polar surface area (TPSA) is 68.8 Å². The Bertz CT molecular complexity index is 4730. The molecule has 0 saturated carbocycles. The fourth-order valence-electron chi connectivity index (χ4n) is 12.9. The van der Waals surface area contributed by atoms with Crippen LogP contribution in [0, 0.1) is 52.0 Å². The van der Waals surface area contributed by atoms with Crippen molar-refractivity contribution in [2.45, 2.75) is 172 Å². The van der Waals surface area contributed by atoms with Crippen LogP contribution in [0.25, 0.3) is 62.4 Å². The quantitative estimate of drug-likeness (QED) is 0.0564. The Morgan fingerprint density at radius 2 is 1.09 bits per heavy atom. The van der Waals surface area contributed by atoms with Crippen LogP contribution in [0.5, 0.6) is 0 Å². The first kappa shape index (κ1) is 85.5. The number of aryl methyl sites for hydroxylation is 7. The predicted octanol–water partition coefficient (Wildman–Crippen LogP) is 23.1. The first-order valence-corrected chi connectivity index (χ1v) is 36.3. The average molecular weight is 2090 g/mol. The zero-order chi connectivity index (χ0) is 70.9. The van der Waals surface area contributed by atoms with Crippen molar-refractivity contribution in [2.24, 2.45) is 4.99 Å². The normalized spacial score (nSPS) is 11.6. The molecule has 104 heavy (non-hydrogen) atoms. The third-order valence-electron chi connectivity index (χ3n) is 18.9. The molecular weight excluding hydrogens is 1990 g/mol. The zero-order valence-electron chi connectivity index (χ0n) is 63.2. The van der Waals surface area contributed by atoms with E-state index in [1.54, 1.807) is 0 Å². The third-order valence-corrected chi connectivity index (χ3v) is 18.9. The molecule has 8 nitrogen and oxygen atoms in total. The van der Waals surface area contributed by atoms with Crippen LogP contribution in [0.3, 0.4) is 0 Å². The van der Waals surface area contributed by atoms with Gasteiger partial charge in [0.25, 0.3) is 5.84 Å². The standard InChI is InChI=1S/C28H29N2.C22H25N2.C21H23N2.C21H24N2.4Ir/c1-4-5-16-25-20-30(27-18-10-9-17-26(27)21(2)3)28(29-25)24-15-11-14-23(19-24)22-12-7-6-8-13-22;1-6-22(4,5)20-15-23-21(18-10-8-7-9-11-18)24(20)19-13-12-16(2)14-17(19)3;1-5-17-10-6-7-12-19(17)23-20(15(2)3)14-22-21(23)18-11-8-9-16(4)13-18;1-4-9-21-22-19(18-10-7-6-8-11-18)15-23(21)20-14-16(3)12-13-17(20)5-2;;;;/h6-14,17-21H,4-5,16H2,1-3H3;7-10,12-15H,6H2,1-5H3;6-10,12-15H,5H2,1-4H3;6-8,10,12-14H,4-5,9,15H2,1-3H3;;;;/q3*-1;;;;;. The first-order valence-electron chi connectivity index (χ1n) is 36.3. The second-order valence-corrected chi connectivity index (χ2v) is 27.5. The van der Waals surface area contributed by atoms with E-state index in [0.29, 0.717) is 11.8 Å². The van der Waals surface area contributed by atoms with Crippen molar-refractivity contribution in [1.29, 1.82) is 0 Å². The number of hydrogen-bond donors (Lipinski definition) is 0. The summed E-state index contributed by atoms with van der Waals surface area (Å²) in [6, 6.07) is 83.2. The van der Waals surface area contributed by atoms with E-state index in [2.05, 4.69) is 310 Å². The van der Waals surface area contributed by atoms with Crippen LogP contribution in [-0.2, 0) is 105 Å². The number of benzene rings is 9. The van der Waals surface area contributed by atoms with Crippen molar-refractivity contribution in [3.05, 3.63) is 305 Å². The predicted molar refractivity (Wildman–Crippen MR) is 420 cm³/mol. The van der Waals surface area contributed by atoms with Gasteiger partial charge in [0.15, 0.2) is 0 Å². The van der Waals surface area contributed by atoms with Gasteiger partial charge < -0.3 is 13.7 Å². The molecular formula is C92H101Ir4N8-3. The maximum atomic E-state index is 5.06. The third kappa shape index (κ3) is 21.0. The van der Waals surface area contributed by atoms with Gasteiger partial charge >= 0.3 is 0 Å². The monoisotopic (exact) mass is 2090 g/mol. The second kappa shape index (κ2) is 40.9. The number of para-hydroxylation sites is 2. The van der Waals surface area contributed by atoms with Gasteiger partial charge in [0.2, 0.25) is 0 Å². The smallest absolute Gasteiger partial charge is 0.288 e. The summed E-state index contributed by atoms with van der Waals surface area (Å²) >= 11 is 0. The van der Waals surface area contributed by atoms with Crippen molar-refractivity contribution in [2.75, 3.05) is 6.54 Å². The maximum absolute atomic E-state index is 5.06. The molecule has 9 aromatic carbocycles. The number of unbranched alkanes of at least 4 members (excludes halogenated alkanes) is 1. The minimum absolute atomic E-state index is 0. The molecule has 1 aliphatic heterocycles. The SMILES string of the molecule is CCC(C)(C)c1cnc(-c2[c-]cccc2)n1-c1ccc(C)cc1C.CCCC1=[N+](c2cc(C)ccc2CC)CC(c2[c-]cccc2)=N1.CCCCc1cn(-c2ccccc2C(C)C)c(-c2[c-]ccc(-c3ccccc3)c2)n1.CCc1ccccc1-n1c(C(C)C)cnc1-c1[c-]ccc(C)c1.[Ir].[Ir].[Ir].[Ir]. The first-order chi connectivity index (χ1) is 48.4. The minimum Gasteiger partial charge on any atom is -0.339 e. The van der Waals surface area contributed by atoms with Gasteiger partial charge in [0, 0.05) is 139 Å². The molecule has 1 aliphatic rings. The van der Waals surface area contributed by atoms with E-state index in [4.69, 9.17) is 19.9 Å². The molecule has 3 aromatic heterocycles. The van der Waals surface area contributed by atoms with Crippen molar-refractivity contribution >= 4 is 17.2 Å². The summed E-state index contributed by atoms with van der Waals surface area (Å²) in [6.07, 6.45) is 14.8. The molecule has 0 unspecified atom stereocenters. The maximum Gasteiger partial charge on any atom is 0.288 e. The molecule has 0 N–H and O–H groups in total. The van der Waals surface area contributed by atoms with Crippen molar-refractivity contribution in [1.82, 2.24) is 28.7 Å². The van der Waals surface area contributed by atoms with Gasteiger partial charge in [0.05, 0.1) is 23.9 Å². The van der Waals surface area contributed by atoms with Gasteiger partial charge in [0.1, 0.15) is 17.9 Å². The molecule has 4 radical (unpaired) electrons. The molecule has 12 heteroatoms. The van der Waals surface area contributed by atoms with Crippen LogP contribution >= 0.6 is 0 Å². The van der Waals surface area contributed by atoms with Gasteiger partial charge in [-0.05, 0) is 129 Å². The van der Waals surface area contributed by atoms with Crippen LogP contribution in [-0.4, -0.2) is 51.3 Å². The van der Waals surface area contributed by atoms with E-state index in [-0.39, 0.29) is 85.8 Å².